The van der Waals surface area contributed by atoms with Gasteiger partial charge in [0, 0.05) is 11.6 Å². The summed E-state index contributed by atoms with van der Waals surface area (Å²) in [6.07, 6.45) is 5.67. The van der Waals surface area contributed by atoms with Crippen LogP contribution in [0.4, 0.5) is 0 Å². The Morgan fingerprint density at radius 3 is 2.92 bits per heavy atom. The van der Waals surface area contributed by atoms with Crippen molar-refractivity contribution in [3.05, 3.63) is 47.2 Å². The molecule has 2 N–H and O–H groups in total. The average Bonchev–Trinajstić information content (AvgIpc) is 3.25. The summed E-state index contributed by atoms with van der Waals surface area (Å²) in [4.78, 5) is 8.74. The van der Waals surface area contributed by atoms with E-state index in [1.807, 2.05) is 12.1 Å². The number of aromatic nitrogens is 3. The van der Waals surface area contributed by atoms with Crippen LogP contribution in [0.2, 0.25) is 5.02 Å². The quantitative estimate of drug-likeness (QED) is 0.778. The summed E-state index contributed by atoms with van der Waals surface area (Å²) >= 11 is 6.19. The lowest BCUT2D eigenvalue weighted by molar-refractivity contribution is 0.243. The Kier molecular flexibility index (Phi) is 3.86. The number of halogens is 1. The maximum absolute atomic E-state index is 6.34. The molecule has 0 amide bonds. The molecule has 3 aromatic rings. The first-order valence-corrected chi connectivity index (χ1v) is 8.31. The van der Waals surface area contributed by atoms with Gasteiger partial charge in [0.25, 0.3) is 5.89 Å². The molecule has 1 saturated carbocycles. The minimum atomic E-state index is -0.462. The van der Waals surface area contributed by atoms with Gasteiger partial charge < -0.3 is 15.0 Å². The van der Waals surface area contributed by atoms with E-state index in [9.17, 15) is 0 Å². The zero-order valence-corrected chi connectivity index (χ0v) is 13.8. The first-order valence-electron chi connectivity index (χ1n) is 7.94. The van der Waals surface area contributed by atoms with Crippen molar-refractivity contribution < 1.29 is 9.26 Å². The van der Waals surface area contributed by atoms with E-state index in [4.69, 9.17) is 26.6 Å². The second kappa shape index (κ2) is 6.03. The van der Waals surface area contributed by atoms with Gasteiger partial charge in [-0.3, -0.25) is 4.98 Å². The fourth-order valence-electron chi connectivity index (χ4n) is 3.11. The van der Waals surface area contributed by atoms with Gasteiger partial charge in [-0.05, 0) is 37.1 Å². The Labute approximate surface area is 144 Å². The number of nitrogens with two attached hydrogens (primary N) is 1. The number of fused-ring (bicyclic) bond motifs is 1. The predicted molar refractivity (Wildman–Crippen MR) is 89.7 cm³/mol. The van der Waals surface area contributed by atoms with E-state index in [2.05, 4.69) is 15.1 Å². The lowest BCUT2D eigenvalue weighted by Gasteiger charge is -2.17. The number of rotatable bonds is 4. The van der Waals surface area contributed by atoms with Gasteiger partial charge in [-0.1, -0.05) is 29.6 Å². The minimum Gasteiger partial charge on any atom is -0.481 e. The van der Waals surface area contributed by atoms with Crippen LogP contribution >= 0.6 is 11.6 Å². The molecule has 1 aliphatic carbocycles. The molecule has 1 aromatic carbocycles. The van der Waals surface area contributed by atoms with Gasteiger partial charge in [0.05, 0.1) is 10.6 Å². The summed E-state index contributed by atoms with van der Waals surface area (Å²) in [5, 5.41) is 5.51. The molecule has 0 aliphatic heterocycles. The smallest absolute Gasteiger partial charge is 0.264 e. The topological polar surface area (TPSA) is 87.1 Å². The molecule has 0 atom stereocenters. The van der Waals surface area contributed by atoms with E-state index in [1.165, 1.54) is 0 Å². The van der Waals surface area contributed by atoms with E-state index < -0.39 is 5.54 Å². The third-order valence-electron chi connectivity index (χ3n) is 4.44. The summed E-state index contributed by atoms with van der Waals surface area (Å²) in [5.41, 5.74) is 6.58. The zero-order chi connectivity index (χ0) is 16.6. The van der Waals surface area contributed by atoms with E-state index >= 15 is 0 Å². The van der Waals surface area contributed by atoms with Crippen LogP contribution < -0.4 is 10.5 Å². The highest BCUT2D eigenvalue weighted by atomic mass is 35.5. The molecule has 1 fully saturated rings. The Hall–Kier alpha value is -2.18. The number of benzene rings is 1. The molecule has 2 aromatic heterocycles. The summed E-state index contributed by atoms with van der Waals surface area (Å²) in [5.74, 6) is 1.59. The second-order valence-corrected chi connectivity index (χ2v) is 6.52. The van der Waals surface area contributed by atoms with Crippen molar-refractivity contribution >= 4 is 22.5 Å². The van der Waals surface area contributed by atoms with Crippen LogP contribution in [0.1, 0.15) is 37.4 Å². The Morgan fingerprint density at radius 1 is 1.25 bits per heavy atom. The molecule has 0 radical (unpaired) electrons. The van der Waals surface area contributed by atoms with Gasteiger partial charge in [-0.15, -0.1) is 0 Å². The molecule has 124 valence electrons. The molecular weight excluding hydrogens is 328 g/mol. The molecule has 0 unspecified atom stereocenters. The standard InChI is InChI=1S/C17H17ClN4O2/c18-12-5-6-13(15-11(12)4-3-9-20-15)23-10-14-21-16(22-24-14)17(19)7-1-2-8-17/h3-6,9H,1-2,7-8,10,19H2. The molecule has 7 heteroatoms. The van der Waals surface area contributed by atoms with Crippen molar-refractivity contribution in [2.75, 3.05) is 0 Å². The van der Waals surface area contributed by atoms with Gasteiger partial charge in [-0.25, -0.2) is 0 Å². The summed E-state index contributed by atoms with van der Waals surface area (Å²) in [6, 6.07) is 7.31. The predicted octanol–water partition coefficient (Wildman–Crippen LogP) is 3.58. The van der Waals surface area contributed by atoms with Crippen molar-refractivity contribution in [3.63, 3.8) is 0 Å². The van der Waals surface area contributed by atoms with E-state index in [-0.39, 0.29) is 6.61 Å². The molecular formula is C17H17ClN4O2. The summed E-state index contributed by atoms with van der Waals surface area (Å²) in [7, 11) is 0. The van der Waals surface area contributed by atoms with Crippen LogP contribution in [0, 0.1) is 0 Å². The van der Waals surface area contributed by atoms with Crippen LogP contribution in [0.15, 0.2) is 35.0 Å². The van der Waals surface area contributed by atoms with Crippen LogP contribution in [0.5, 0.6) is 5.75 Å². The van der Waals surface area contributed by atoms with Crippen molar-refractivity contribution in [1.82, 2.24) is 15.1 Å². The molecule has 6 nitrogen and oxygen atoms in total. The number of hydrogen-bond acceptors (Lipinski definition) is 6. The second-order valence-electron chi connectivity index (χ2n) is 6.11. The van der Waals surface area contributed by atoms with Crippen LogP contribution in [0.25, 0.3) is 10.9 Å². The first kappa shape index (κ1) is 15.4. The SMILES string of the molecule is NC1(c2noc(COc3ccc(Cl)c4cccnc34)n2)CCCC1. The largest absolute Gasteiger partial charge is 0.481 e. The maximum Gasteiger partial charge on any atom is 0.264 e. The number of pyridine rings is 1. The highest BCUT2D eigenvalue weighted by Gasteiger charge is 2.35. The first-order chi connectivity index (χ1) is 11.7. The number of nitrogens with zero attached hydrogens (tertiary/aromatic N) is 3. The molecule has 4 rings (SSSR count). The molecule has 0 saturated heterocycles. The van der Waals surface area contributed by atoms with E-state index in [0.717, 1.165) is 31.1 Å². The number of ether oxygens (including phenoxy) is 1. The summed E-state index contributed by atoms with van der Waals surface area (Å²) < 4.78 is 11.1. The Morgan fingerprint density at radius 2 is 2.08 bits per heavy atom. The molecule has 0 spiro atoms. The summed E-state index contributed by atoms with van der Waals surface area (Å²) in [6.45, 7) is 0.163. The zero-order valence-electron chi connectivity index (χ0n) is 13.0. The molecule has 24 heavy (non-hydrogen) atoms. The normalized spacial score (nSPS) is 16.6. The van der Waals surface area contributed by atoms with Crippen LogP contribution in [-0.4, -0.2) is 15.1 Å². The van der Waals surface area contributed by atoms with Crippen molar-refractivity contribution in [3.8, 4) is 5.75 Å². The highest BCUT2D eigenvalue weighted by molar-refractivity contribution is 6.35. The average molecular weight is 345 g/mol. The van der Waals surface area contributed by atoms with Crippen LogP contribution in [-0.2, 0) is 12.1 Å². The van der Waals surface area contributed by atoms with Crippen molar-refractivity contribution in [2.24, 2.45) is 5.73 Å². The minimum absolute atomic E-state index is 0.163. The van der Waals surface area contributed by atoms with E-state index in [1.54, 1.807) is 18.3 Å². The monoisotopic (exact) mass is 344 g/mol. The Bertz CT molecular complexity index is 874. The lowest BCUT2D eigenvalue weighted by atomic mass is 9.99. The van der Waals surface area contributed by atoms with E-state index in [0.29, 0.717) is 28.0 Å². The third kappa shape index (κ3) is 2.72. The molecule has 2 heterocycles. The van der Waals surface area contributed by atoms with Crippen molar-refractivity contribution in [2.45, 2.75) is 37.8 Å². The van der Waals surface area contributed by atoms with Crippen LogP contribution in [0.3, 0.4) is 0 Å². The fraction of sp³-hybridized carbons (Fsp3) is 0.353. The number of hydrogen-bond donors (Lipinski definition) is 1. The van der Waals surface area contributed by atoms with Gasteiger partial charge >= 0.3 is 0 Å². The highest BCUT2D eigenvalue weighted by Crippen LogP contribution is 2.35. The molecule has 1 aliphatic rings. The van der Waals surface area contributed by atoms with Gasteiger partial charge in [0.2, 0.25) is 0 Å². The Balaban J connectivity index is 1.54. The molecule has 0 bridgehead atoms. The van der Waals surface area contributed by atoms with Crippen molar-refractivity contribution in [1.29, 1.82) is 0 Å². The lowest BCUT2D eigenvalue weighted by Crippen LogP contribution is -2.34. The fourth-order valence-corrected chi connectivity index (χ4v) is 3.33. The maximum atomic E-state index is 6.34. The van der Waals surface area contributed by atoms with Gasteiger partial charge in [0.15, 0.2) is 12.4 Å². The van der Waals surface area contributed by atoms with Gasteiger partial charge in [-0.2, -0.15) is 4.98 Å². The van der Waals surface area contributed by atoms with Gasteiger partial charge in [0.1, 0.15) is 11.3 Å². The third-order valence-corrected chi connectivity index (χ3v) is 4.77.